The van der Waals surface area contributed by atoms with Gasteiger partial charge in [-0.2, -0.15) is 70.2 Å². The molecule has 0 aliphatic rings. The van der Waals surface area contributed by atoms with Crippen LogP contribution in [-0.2, 0) is 9.47 Å². The zero-order chi connectivity index (χ0) is 33.9. The summed E-state index contributed by atoms with van der Waals surface area (Å²) >= 11 is 4.26. The van der Waals surface area contributed by atoms with E-state index in [-0.39, 0.29) is 6.07 Å². The van der Waals surface area contributed by atoms with Crippen molar-refractivity contribution in [3.8, 4) is 5.75 Å². The highest BCUT2D eigenvalue weighted by Gasteiger charge is 2.85. The number of aryl methyl sites for hydroxylation is 1. The molecule has 0 fully saturated rings. The van der Waals surface area contributed by atoms with Gasteiger partial charge in [0.15, 0.2) is 0 Å². The van der Waals surface area contributed by atoms with Crippen molar-refractivity contribution in [1.29, 1.82) is 0 Å². The van der Waals surface area contributed by atoms with Gasteiger partial charge in [-0.3, -0.25) is 9.47 Å². The molecule has 242 valence electrons. The topological polar surface area (TPSA) is 102 Å². The number of hydrogen-bond acceptors (Lipinski definition) is 5. The van der Waals surface area contributed by atoms with E-state index in [1.165, 1.54) is 4.74 Å². The maximum Gasteiger partial charge on any atom is 0.476 e. The molecule has 0 saturated heterocycles. The molecule has 2 atom stereocenters. The molecule has 1 aromatic rings. The number of carboxylic acid groups (broad SMARTS) is 2. The van der Waals surface area contributed by atoms with Crippen LogP contribution in [0.2, 0.25) is 0 Å². The summed E-state index contributed by atoms with van der Waals surface area (Å²) in [7, 11) is 0. The molecular weight excluding hydrogens is 668 g/mol. The summed E-state index contributed by atoms with van der Waals surface area (Å²) in [6.45, 7) is 1.34. The molecule has 0 amide bonds. The summed E-state index contributed by atoms with van der Waals surface area (Å²) in [4.78, 5) is 22.7. The Bertz CT molecular complexity index is 1230. The van der Waals surface area contributed by atoms with Crippen LogP contribution >= 0.6 is 11.6 Å². The number of rotatable bonds is 11. The normalized spacial score (nSPS) is 16.9. The third-order valence-corrected chi connectivity index (χ3v) is 5.01. The quantitative estimate of drug-likeness (QED) is 0.189. The zero-order valence-electron chi connectivity index (χ0n) is 19.4. The second-order valence-corrected chi connectivity index (χ2v) is 8.21. The van der Waals surface area contributed by atoms with Crippen molar-refractivity contribution < 1.29 is 104 Å². The van der Waals surface area contributed by atoms with Crippen molar-refractivity contribution in [3.63, 3.8) is 0 Å². The minimum atomic E-state index is -8.02. The first-order chi connectivity index (χ1) is 18.2. The number of hydrogen-bond donors (Lipinski definition) is 2. The molecule has 0 spiro atoms. The van der Waals surface area contributed by atoms with E-state index in [4.69, 9.17) is 10.2 Å². The van der Waals surface area contributed by atoms with E-state index in [0.717, 1.165) is 6.92 Å². The SMILES string of the molecule is Cc1cc(C(=O)O)c(OC(F)(F)C(F)(Cl)OC(F)(F)C(F)(OC(F)(F)C(F)(F)C(F)(F)F)C(F)(F)F)c(C)c1C(=O)O. The highest BCUT2D eigenvalue weighted by molar-refractivity contribution is 6.22. The number of aromatic carboxylic acids is 2. The van der Waals surface area contributed by atoms with Crippen molar-refractivity contribution in [2.75, 3.05) is 0 Å². The molecule has 2 unspecified atom stereocenters. The molecule has 0 bridgehead atoms. The van der Waals surface area contributed by atoms with Gasteiger partial charge >= 0.3 is 59.7 Å². The number of benzene rings is 1. The van der Waals surface area contributed by atoms with Crippen LogP contribution in [0.4, 0.5) is 70.2 Å². The van der Waals surface area contributed by atoms with Crippen LogP contribution in [0.15, 0.2) is 6.07 Å². The maximum absolute atomic E-state index is 14.5. The van der Waals surface area contributed by atoms with Gasteiger partial charge in [0.1, 0.15) is 11.3 Å². The number of carbonyl (C=O) groups is 2. The van der Waals surface area contributed by atoms with Crippen molar-refractivity contribution in [1.82, 2.24) is 0 Å². The van der Waals surface area contributed by atoms with Crippen LogP contribution < -0.4 is 4.74 Å². The first-order valence-corrected chi connectivity index (χ1v) is 10.00. The molecule has 0 saturated carbocycles. The lowest BCUT2D eigenvalue weighted by molar-refractivity contribution is -0.547. The van der Waals surface area contributed by atoms with Crippen molar-refractivity contribution in [2.24, 2.45) is 0 Å². The molecule has 42 heavy (non-hydrogen) atoms. The van der Waals surface area contributed by atoms with Crippen molar-refractivity contribution >= 4 is 23.5 Å². The fourth-order valence-electron chi connectivity index (χ4n) is 2.75. The highest BCUT2D eigenvalue weighted by Crippen LogP contribution is 2.57. The van der Waals surface area contributed by atoms with E-state index in [0.29, 0.717) is 6.92 Å². The first kappa shape index (κ1) is 37.1. The van der Waals surface area contributed by atoms with Gasteiger partial charge in [-0.05, 0) is 37.1 Å². The highest BCUT2D eigenvalue weighted by atomic mass is 35.5. The molecular formula is C18H9ClF16O7. The smallest absolute Gasteiger partial charge is 0.476 e. The molecule has 7 nitrogen and oxygen atoms in total. The van der Waals surface area contributed by atoms with Gasteiger partial charge < -0.3 is 14.9 Å². The molecule has 1 aromatic carbocycles. The standard InChI is InChI=1S/C18H9ClF16O7/c1-4-3-6(9(36)37)8(5(2)7(4)10(38)39)40-18(34,35)13(19,23)42-17(32,33)12(22,15(27,28)29)41-16(30,31)11(20,21)14(24,25)26/h3H,1-2H3,(H,36,37)(H,38,39). The molecule has 0 heterocycles. The van der Waals surface area contributed by atoms with Crippen LogP contribution in [0.3, 0.4) is 0 Å². The summed E-state index contributed by atoms with van der Waals surface area (Å²) in [5, 5.41) is 11.7. The van der Waals surface area contributed by atoms with Crippen LogP contribution in [0, 0.1) is 13.8 Å². The molecule has 0 aliphatic carbocycles. The monoisotopic (exact) mass is 676 g/mol. The predicted octanol–water partition coefficient (Wildman–Crippen LogP) is 7.18. The van der Waals surface area contributed by atoms with Crippen molar-refractivity contribution in [3.05, 3.63) is 28.3 Å². The fraction of sp³-hybridized carbons (Fsp3) is 0.556. The summed E-state index contributed by atoms with van der Waals surface area (Å²) in [5.74, 6) is -22.2. The van der Waals surface area contributed by atoms with E-state index < -0.39 is 87.7 Å². The van der Waals surface area contributed by atoms with Gasteiger partial charge in [0.05, 0.1) is 5.56 Å². The minimum Gasteiger partial charge on any atom is -0.478 e. The van der Waals surface area contributed by atoms with Crippen LogP contribution in [-0.4, -0.2) is 69.9 Å². The second kappa shape index (κ2) is 10.6. The first-order valence-electron chi connectivity index (χ1n) is 9.62. The zero-order valence-corrected chi connectivity index (χ0v) is 20.2. The third kappa shape index (κ3) is 6.35. The van der Waals surface area contributed by atoms with E-state index >= 15 is 0 Å². The van der Waals surface area contributed by atoms with Crippen LogP contribution in [0.5, 0.6) is 5.75 Å². The van der Waals surface area contributed by atoms with Gasteiger partial charge in [-0.25, -0.2) is 9.59 Å². The molecule has 0 radical (unpaired) electrons. The Morgan fingerprint density at radius 2 is 1.14 bits per heavy atom. The number of halogens is 17. The average Bonchev–Trinajstić information content (AvgIpc) is 2.72. The van der Waals surface area contributed by atoms with Gasteiger partial charge in [0.25, 0.3) is 0 Å². The number of alkyl halides is 17. The number of ether oxygens (including phenoxy) is 3. The largest absolute Gasteiger partial charge is 0.478 e. The Labute approximate surface area is 224 Å². The molecule has 0 aliphatic heterocycles. The minimum absolute atomic E-state index is 0.251. The van der Waals surface area contributed by atoms with Gasteiger partial charge in [0, 0.05) is 5.56 Å². The molecule has 2 N–H and O–H groups in total. The van der Waals surface area contributed by atoms with Crippen LogP contribution in [0.25, 0.3) is 0 Å². The Morgan fingerprint density at radius 3 is 1.50 bits per heavy atom. The second-order valence-electron chi connectivity index (χ2n) is 7.72. The third-order valence-electron chi connectivity index (χ3n) is 4.71. The summed E-state index contributed by atoms with van der Waals surface area (Å²) in [6, 6.07) is 0.251. The lowest BCUT2D eigenvalue weighted by Crippen LogP contribution is -2.67. The summed E-state index contributed by atoms with van der Waals surface area (Å²) in [6.07, 6.45) is -37.8. The lowest BCUT2D eigenvalue weighted by atomic mass is 9.97. The lowest BCUT2D eigenvalue weighted by Gasteiger charge is -2.40. The van der Waals surface area contributed by atoms with Gasteiger partial charge in [-0.1, -0.05) is 0 Å². The van der Waals surface area contributed by atoms with E-state index in [1.807, 2.05) is 0 Å². The van der Waals surface area contributed by atoms with Gasteiger partial charge in [0.2, 0.25) is 0 Å². The van der Waals surface area contributed by atoms with Gasteiger partial charge in [-0.15, -0.1) is 0 Å². The summed E-state index contributed by atoms with van der Waals surface area (Å²) in [5.41, 5.74) is -4.29. The Morgan fingerprint density at radius 1 is 0.690 bits per heavy atom. The molecule has 1 rings (SSSR count). The fourth-order valence-corrected chi connectivity index (χ4v) is 2.88. The number of carboxylic acids is 2. The Hall–Kier alpha value is -2.95. The molecule has 0 aromatic heterocycles. The van der Waals surface area contributed by atoms with E-state index in [1.54, 1.807) is 0 Å². The van der Waals surface area contributed by atoms with E-state index in [9.17, 15) is 79.8 Å². The van der Waals surface area contributed by atoms with E-state index in [2.05, 4.69) is 21.1 Å². The Balaban J connectivity index is 3.72. The summed E-state index contributed by atoms with van der Waals surface area (Å²) < 4.78 is 220. The predicted molar refractivity (Wildman–Crippen MR) is 98.1 cm³/mol. The average molecular weight is 677 g/mol. The Kier molecular flexibility index (Phi) is 9.40. The van der Waals surface area contributed by atoms with Crippen molar-refractivity contribution in [2.45, 2.75) is 61.6 Å². The van der Waals surface area contributed by atoms with Crippen LogP contribution in [0.1, 0.15) is 31.8 Å². The molecule has 24 heteroatoms. The maximum atomic E-state index is 14.5.